The van der Waals surface area contributed by atoms with E-state index in [2.05, 4.69) is 44.3 Å². The van der Waals surface area contributed by atoms with Gasteiger partial charge < -0.3 is 9.88 Å². The Bertz CT molecular complexity index is 1360. The Hall–Kier alpha value is -3.58. The van der Waals surface area contributed by atoms with Gasteiger partial charge in [0.05, 0.1) is 23.3 Å². The van der Waals surface area contributed by atoms with E-state index < -0.39 is 0 Å². The minimum Gasteiger partial charge on any atom is -0.325 e. The highest BCUT2D eigenvalue weighted by molar-refractivity contribution is 7.99. The number of carbonyl (C=O) groups excluding carboxylic acids is 1. The van der Waals surface area contributed by atoms with Crippen LogP contribution in [0.15, 0.2) is 84.0 Å². The maximum atomic E-state index is 12.4. The molecule has 0 unspecified atom stereocenters. The van der Waals surface area contributed by atoms with E-state index in [0.29, 0.717) is 11.7 Å². The van der Waals surface area contributed by atoms with Crippen LogP contribution in [0.4, 0.5) is 5.69 Å². The number of benzene rings is 3. The number of hydrogen-bond donors (Lipinski definition) is 1. The molecule has 0 aliphatic carbocycles. The normalized spacial score (nSPS) is 11.3. The lowest BCUT2D eigenvalue weighted by Crippen LogP contribution is -2.14. The second-order valence-electron chi connectivity index (χ2n) is 7.38. The first kappa shape index (κ1) is 19.4. The standard InChI is InChI=1S/C24H21N5OS/c1-17-11-13-19(14-12-17)25-22(30)16-31-24-27-26-23-28(15-18-7-3-2-4-8-18)20-9-5-6-10-21(20)29(23)24/h2-14H,15-16H2,1H3,(H,25,30). The van der Waals surface area contributed by atoms with Crippen LogP contribution in [0.1, 0.15) is 11.1 Å². The van der Waals surface area contributed by atoms with Crippen molar-refractivity contribution in [2.75, 3.05) is 11.1 Å². The number of rotatable bonds is 6. The molecule has 3 aromatic carbocycles. The summed E-state index contributed by atoms with van der Waals surface area (Å²) >= 11 is 1.39. The number of carbonyl (C=O) groups is 1. The molecule has 2 heterocycles. The molecule has 31 heavy (non-hydrogen) atoms. The zero-order valence-electron chi connectivity index (χ0n) is 17.0. The van der Waals surface area contributed by atoms with Crippen molar-refractivity contribution < 1.29 is 4.79 Å². The molecule has 154 valence electrons. The Morgan fingerprint density at radius 3 is 2.39 bits per heavy atom. The molecule has 5 rings (SSSR count). The summed E-state index contributed by atoms with van der Waals surface area (Å²) in [5.41, 5.74) is 5.26. The highest BCUT2D eigenvalue weighted by Crippen LogP contribution is 2.26. The van der Waals surface area contributed by atoms with E-state index in [1.165, 1.54) is 17.3 Å². The van der Waals surface area contributed by atoms with E-state index in [1.54, 1.807) is 0 Å². The van der Waals surface area contributed by atoms with Crippen molar-refractivity contribution in [3.8, 4) is 0 Å². The van der Waals surface area contributed by atoms with Gasteiger partial charge in [0.2, 0.25) is 11.7 Å². The van der Waals surface area contributed by atoms with Gasteiger partial charge in [0.25, 0.3) is 0 Å². The molecule has 0 saturated heterocycles. The minimum atomic E-state index is -0.0707. The summed E-state index contributed by atoms with van der Waals surface area (Å²) in [6.45, 7) is 2.72. The smallest absolute Gasteiger partial charge is 0.237 e. The highest BCUT2D eigenvalue weighted by Gasteiger charge is 2.18. The Morgan fingerprint density at radius 1 is 0.903 bits per heavy atom. The Kier molecular flexibility index (Phi) is 5.18. The molecule has 5 aromatic rings. The number of amides is 1. The number of hydrogen-bond acceptors (Lipinski definition) is 4. The Balaban J connectivity index is 1.42. The molecule has 0 aliphatic heterocycles. The topological polar surface area (TPSA) is 64.2 Å². The average Bonchev–Trinajstić information content (AvgIpc) is 3.34. The van der Waals surface area contributed by atoms with Gasteiger partial charge in [0.15, 0.2) is 5.16 Å². The molecule has 0 spiro atoms. The summed E-state index contributed by atoms with van der Waals surface area (Å²) in [5.74, 6) is 0.956. The van der Waals surface area contributed by atoms with Crippen molar-refractivity contribution >= 4 is 40.2 Å². The number of imidazole rings is 1. The van der Waals surface area contributed by atoms with E-state index in [4.69, 9.17) is 0 Å². The van der Waals surface area contributed by atoms with E-state index in [0.717, 1.165) is 28.1 Å². The summed E-state index contributed by atoms with van der Waals surface area (Å²) in [4.78, 5) is 12.4. The quantitative estimate of drug-likeness (QED) is 0.397. The molecule has 0 fully saturated rings. The first-order valence-corrected chi connectivity index (χ1v) is 11.0. The summed E-state index contributed by atoms with van der Waals surface area (Å²) in [7, 11) is 0. The van der Waals surface area contributed by atoms with E-state index in [9.17, 15) is 4.79 Å². The van der Waals surface area contributed by atoms with Crippen molar-refractivity contribution in [1.29, 1.82) is 0 Å². The van der Waals surface area contributed by atoms with Crippen LogP contribution in [-0.2, 0) is 11.3 Å². The van der Waals surface area contributed by atoms with Gasteiger partial charge in [0, 0.05) is 5.69 Å². The molecule has 2 aromatic heterocycles. The van der Waals surface area contributed by atoms with Crippen molar-refractivity contribution in [2.45, 2.75) is 18.6 Å². The lowest BCUT2D eigenvalue weighted by molar-refractivity contribution is -0.113. The molecule has 1 amide bonds. The van der Waals surface area contributed by atoms with Crippen LogP contribution in [0.25, 0.3) is 16.8 Å². The second-order valence-corrected chi connectivity index (χ2v) is 8.32. The molecule has 0 radical (unpaired) electrons. The van der Waals surface area contributed by atoms with Crippen molar-refractivity contribution in [1.82, 2.24) is 19.2 Å². The maximum absolute atomic E-state index is 12.4. The van der Waals surface area contributed by atoms with Crippen molar-refractivity contribution in [3.63, 3.8) is 0 Å². The fourth-order valence-electron chi connectivity index (χ4n) is 3.62. The predicted molar refractivity (Wildman–Crippen MR) is 125 cm³/mol. The van der Waals surface area contributed by atoms with Gasteiger partial charge in [-0.15, -0.1) is 10.2 Å². The summed E-state index contributed by atoms with van der Waals surface area (Å²) in [6, 6.07) is 26.3. The van der Waals surface area contributed by atoms with Crippen LogP contribution in [0.3, 0.4) is 0 Å². The van der Waals surface area contributed by atoms with Crippen LogP contribution in [0.2, 0.25) is 0 Å². The third-order valence-electron chi connectivity index (χ3n) is 5.12. The zero-order chi connectivity index (χ0) is 21.2. The molecule has 0 atom stereocenters. The third-order valence-corrected chi connectivity index (χ3v) is 6.05. The predicted octanol–water partition coefficient (Wildman–Crippen LogP) is 4.77. The fraction of sp³-hybridized carbons (Fsp3) is 0.125. The molecular weight excluding hydrogens is 406 g/mol. The average molecular weight is 428 g/mol. The fourth-order valence-corrected chi connectivity index (χ4v) is 4.36. The molecular formula is C24H21N5OS. The Morgan fingerprint density at radius 2 is 1.61 bits per heavy atom. The van der Waals surface area contributed by atoms with Crippen LogP contribution >= 0.6 is 11.8 Å². The first-order chi connectivity index (χ1) is 15.2. The van der Waals surface area contributed by atoms with Gasteiger partial charge >= 0.3 is 0 Å². The number of para-hydroxylation sites is 2. The molecule has 0 bridgehead atoms. The van der Waals surface area contributed by atoms with Gasteiger partial charge in [-0.05, 0) is 36.8 Å². The number of aryl methyl sites for hydroxylation is 1. The van der Waals surface area contributed by atoms with Gasteiger partial charge in [-0.3, -0.25) is 9.20 Å². The summed E-state index contributed by atoms with van der Waals surface area (Å²) < 4.78 is 4.19. The number of aromatic nitrogens is 4. The molecule has 1 N–H and O–H groups in total. The molecule has 6 nitrogen and oxygen atoms in total. The van der Waals surface area contributed by atoms with E-state index >= 15 is 0 Å². The first-order valence-electron chi connectivity index (χ1n) is 10.0. The number of nitrogens with one attached hydrogen (secondary N) is 1. The summed E-state index contributed by atoms with van der Waals surface area (Å²) in [5, 5.41) is 12.5. The second kappa shape index (κ2) is 8.28. The number of anilines is 1. The van der Waals surface area contributed by atoms with Crippen molar-refractivity contribution in [2.24, 2.45) is 0 Å². The summed E-state index contributed by atoms with van der Waals surface area (Å²) in [6.07, 6.45) is 0. The lowest BCUT2D eigenvalue weighted by atomic mass is 10.2. The zero-order valence-corrected chi connectivity index (χ0v) is 17.8. The molecule has 0 aliphatic rings. The van der Waals surface area contributed by atoms with Crippen LogP contribution in [-0.4, -0.2) is 30.8 Å². The SMILES string of the molecule is Cc1ccc(NC(=O)CSc2nnc3n(Cc4ccccc4)c4ccccc4n23)cc1. The molecule has 0 saturated carbocycles. The monoisotopic (exact) mass is 427 g/mol. The number of thioether (sulfide) groups is 1. The number of fused-ring (bicyclic) bond motifs is 3. The maximum Gasteiger partial charge on any atom is 0.237 e. The molecule has 7 heteroatoms. The van der Waals surface area contributed by atoms with Crippen LogP contribution < -0.4 is 5.32 Å². The van der Waals surface area contributed by atoms with Gasteiger partial charge in [0.1, 0.15) is 0 Å². The third kappa shape index (κ3) is 3.92. The van der Waals surface area contributed by atoms with Gasteiger partial charge in [-0.1, -0.05) is 71.9 Å². The van der Waals surface area contributed by atoms with Gasteiger partial charge in [-0.25, -0.2) is 0 Å². The minimum absolute atomic E-state index is 0.0707. The Labute approximate surface area is 183 Å². The van der Waals surface area contributed by atoms with Crippen molar-refractivity contribution in [3.05, 3.63) is 90.0 Å². The van der Waals surface area contributed by atoms with Gasteiger partial charge in [-0.2, -0.15) is 0 Å². The lowest BCUT2D eigenvalue weighted by Gasteiger charge is -2.04. The largest absolute Gasteiger partial charge is 0.325 e. The highest BCUT2D eigenvalue weighted by atomic mass is 32.2. The van der Waals surface area contributed by atoms with Crippen LogP contribution in [0, 0.1) is 6.92 Å². The van der Waals surface area contributed by atoms with E-state index in [-0.39, 0.29) is 11.7 Å². The number of nitrogens with zero attached hydrogens (tertiary/aromatic N) is 4. The van der Waals surface area contributed by atoms with Crippen LogP contribution in [0.5, 0.6) is 0 Å². The van der Waals surface area contributed by atoms with E-state index in [1.807, 2.05) is 65.9 Å².